The first-order valence-corrected chi connectivity index (χ1v) is 10.5. The van der Waals surface area contributed by atoms with Crippen LogP contribution in [0, 0.1) is 5.92 Å². The Labute approximate surface area is 140 Å². The van der Waals surface area contributed by atoms with Crippen molar-refractivity contribution in [2.75, 3.05) is 45.2 Å². The maximum absolute atomic E-state index is 12.7. The minimum absolute atomic E-state index is 0.0563. The number of carbonyl (C=O) groups excluding carboxylic acids is 1. The van der Waals surface area contributed by atoms with E-state index in [1.165, 1.54) is 6.42 Å². The minimum Gasteiger partial charge on any atom is -0.340 e. The molecular formula is C16H31N3O3S. The SMILES string of the molecule is CNCCC1CCN(C(C)C(=O)N(C)C2CCS(=O)(=O)C2)CC1. The first kappa shape index (κ1) is 18.7. The summed E-state index contributed by atoms with van der Waals surface area (Å²) < 4.78 is 23.2. The van der Waals surface area contributed by atoms with Gasteiger partial charge in [0.15, 0.2) is 9.84 Å². The van der Waals surface area contributed by atoms with Crippen LogP contribution in [0.4, 0.5) is 0 Å². The fraction of sp³-hybridized carbons (Fsp3) is 0.938. The van der Waals surface area contributed by atoms with E-state index in [0.717, 1.165) is 38.4 Å². The van der Waals surface area contributed by atoms with E-state index in [1.54, 1.807) is 11.9 Å². The van der Waals surface area contributed by atoms with Gasteiger partial charge in [-0.15, -0.1) is 0 Å². The van der Waals surface area contributed by atoms with Gasteiger partial charge in [0.25, 0.3) is 0 Å². The maximum Gasteiger partial charge on any atom is 0.239 e. The van der Waals surface area contributed by atoms with Gasteiger partial charge in [-0.2, -0.15) is 0 Å². The molecule has 0 aromatic carbocycles. The summed E-state index contributed by atoms with van der Waals surface area (Å²) in [7, 11) is 0.781. The third-order valence-electron chi connectivity index (χ3n) is 5.46. The van der Waals surface area contributed by atoms with E-state index < -0.39 is 9.84 Å². The van der Waals surface area contributed by atoms with Crippen molar-refractivity contribution < 1.29 is 13.2 Å². The van der Waals surface area contributed by atoms with Crippen LogP contribution in [-0.4, -0.2) is 81.4 Å². The van der Waals surface area contributed by atoms with E-state index in [9.17, 15) is 13.2 Å². The summed E-state index contributed by atoms with van der Waals surface area (Å²) in [5, 5.41) is 3.20. The van der Waals surface area contributed by atoms with Crippen LogP contribution < -0.4 is 5.32 Å². The summed E-state index contributed by atoms with van der Waals surface area (Å²) in [5.41, 5.74) is 0. The highest BCUT2D eigenvalue weighted by molar-refractivity contribution is 7.91. The number of likely N-dealkylation sites (N-methyl/N-ethyl adjacent to an activating group) is 1. The third-order valence-corrected chi connectivity index (χ3v) is 7.21. The number of rotatable bonds is 6. The van der Waals surface area contributed by atoms with Crippen molar-refractivity contribution in [3.8, 4) is 0 Å². The highest BCUT2D eigenvalue weighted by Crippen LogP contribution is 2.23. The molecule has 0 aliphatic carbocycles. The molecule has 6 nitrogen and oxygen atoms in total. The molecule has 2 unspecified atom stereocenters. The fourth-order valence-corrected chi connectivity index (χ4v) is 5.46. The molecule has 134 valence electrons. The number of nitrogens with zero attached hydrogens (tertiary/aromatic N) is 2. The first-order chi connectivity index (χ1) is 10.8. The highest BCUT2D eigenvalue weighted by atomic mass is 32.2. The Morgan fingerprint density at radius 2 is 1.96 bits per heavy atom. The quantitative estimate of drug-likeness (QED) is 0.752. The van der Waals surface area contributed by atoms with Gasteiger partial charge in [0.1, 0.15) is 0 Å². The second-order valence-electron chi connectivity index (χ2n) is 7.05. The predicted octanol–water partition coefficient (Wildman–Crippen LogP) is 0.342. The summed E-state index contributed by atoms with van der Waals surface area (Å²) in [6.45, 7) is 4.92. The van der Waals surface area contributed by atoms with E-state index in [-0.39, 0.29) is 29.5 Å². The van der Waals surface area contributed by atoms with Crippen LogP contribution in [0.25, 0.3) is 0 Å². The molecule has 0 aromatic rings. The van der Waals surface area contributed by atoms with Gasteiger partial charge in [0.05, 0.1) is 17.5 Å². The molecule has 2 fully saturated rings. The number of sulfone groups is 1. The summed E-state index contributed by atoms with van der Waals surface area (Å²) in [6, 6.07) is -0.309. The smallest absolute Gasteiger partial charge is 0.239 e. The molecule has 2 aliphatic rings. The predicted molar refractivity (Wildman–Crippen MR) is 92.1 cm³/mol. The van der Waals surface area contributed by atoms with Gasteiger partial charge in [-0.1, -0.05) is 0 Å². The van der Waals surface area contributed by atoms with Crippen LogP contribution in [0.5, 0.6) is 0 Å². The Morgan fingerprint density at radius 3 is 2.48 bits per heavy atom. The molecule has 2 rings (SSSR count). The van der Waals surface area contributed by atoms with E-state index in [0.29, 0.717) is 6.42 Å². The number of piperidine rings is 1. The van der Waals surface area contributed by atoms with Gasteiger partial charge < -0.3 is 10.2 Å². The van der Waals surface area contributed by atoms with Gasteiger partial charge >= 0.3 is 0 Å². The summed E-state index contributed by atoms with van der Waals surface area (Å²) in [4.78, 5) is 16.6. The number of nitrogens with one attached hydrogen (secondary N) is 1. The lowest BCUT2D eigenvalue weighted by Crippen LogP contribution is -2.51. The monoisotopic (exact) mass is 345 g/mol. The Balaban J connectivity index is 1.83. The van der Waals surface area contributed by atoms with Crippen molar-refractivity contribution in [1.82, 2.24) is 15.1 Å². The molecular weight excluding hydrogens is 314 g/mol. The minimum atomic E-state index is -2.95. The normalized spacial score (nSPS) is 27.0. The van der Waals surface area contributed by atoms with E-state index in [4.69, 9.17) is 0 Å². The summed E-state index contributed by atoms with van der Waals surface area (Å²) in [5.74, 6) is 1.13. The molecule has 2 atom stereocenters. The second kappa shape index (κ2) is 7.94. The van der Waals surface area contributed by atoms with Gasteiger partial charge in [0, 0.05) is 13.1 Å². The van der Waals surface area contributed by atoms with Gasteiger partial charge in [-0.25, -0.2) is 8.42 Å². The zero-order chi connectivity index (χ0) is 17.0. The lowest BCUT2D eigenvalue weighted by Gasteiger charge is -2.37. The third kappa shape index (κ3) is 4.90. The number of carbonyl (C=O) groups is 1. The zero-order valence-corrected chi connectivity index (χ0v) is 15.4. The van der Waals surface area contributed by atoms with Crippen molar-refractivity contribution >= 4 is 15.7 Å². The van der Waals surface area contributed by atoms with Crippen LogP contribution in [0.1, 0.15) is 32.6 Å². The topological polar surface area (TPSA) is 69.7 Å². The standard InChI is InChI=1S/C16H31N3O3S/c1-13(19-9-5-14(6-10-19)4-8-17-2)16(20)18(3)15-7-11-23(21,22)12-15/h13-15,17H,4-12H2,1-3H3. The Bertz CT molecular complexity index is 501. The molecule has 2 saturated heterocycles. The molecule has 2 heterocycles. The Hall–Kier alpha value is -0.660. The van der Waals surface area contributed by atoms with Crippen molar-refractivity contribution in [3.05, 3.63) is 0 Å². The number of likely N-dealkylation sites (tertiary alicyclic amines) is 1. The average molecular weight is 346 g/mol. The van der Waals surface area contributed by atoms with Gasteiger partial charge in [-0.05, 0) is 65.2 Å². The fourth-order valence-electron chi connectivity index (χ4n) is 3.69. The Morgan fingerprint density at radius 1 is 1.30 bits per heavy atom. The van der Waals surface area contributed by atoms with E-state index >= 15 is 0 Å². The molecule has 0 aromatic heterocycles. The largest absolute Gasteiger partial charge is 0.340 e. The summed E-state index contributed by atoms with van der Waals surface area (Å²) >= 11 is 0. The van der Waals surface area contributed by atoms with Crippen LogP contribution in [0.15, 0.2) is 0 Å². The molecule has 0 bridgehead atoms. The molecule has 0 spiro atoms. The van der Waals surface area contributed by atoms with Crippen molar-refractivity contribution in [1.29, 1.82) is 0 Å². The first-order valence-electron chi connectivity index (χ1n) is 8.70. The van der Waals surface area contributed by atoms with Gasteiger partial charge in [0.2, 0.25) is 5.91 Å². The molecule has 23 heavy (non-hydrogen) atoms. The molecule has 7 heteroatoms. The van der Waals surface area contributed by atoms with Crippen LogP contribution >= 0.6 is 0 Å². The lowest BCUT2D eigenvalue weighted by atomic mass is 9.92. The van der Waals surface area contributed by atoms with Crippen molar-refractivity contribution in [2.24, 2.45) is 5.92 Å². The Kier molecular flexibility index (Phi) is 6.45. The second-order valence-corrected chi connectivity index (χ2v) is 9.28. The maximum atomic E-state index is 12.7. The van der Waals surface area contributed by atoms with Crippen LogP contribution in [-0.2, 0) is 14.6 Å². The highest BCUT2D eigenvalue weighted by Gasteiger charge is 2.35. The lowest BCUT2D eigenvalue weighted by molar-refractivity contribution is -0.137. The van der Waals surface area contributed by atoms with Crippen molar-refractivity contribution in [2.45, 2.75) is 44.7 Å². The van der Waals surface area contributed by atoms with E-state index in [2.05, 4.69) is 10.2 Å². The average Bonchev–Trinajstić information content (AvgIpc) is 2.91. The molecule has 2 aliphatic heterocycles. The van der Waals surface area contributed by atoms with Crippen LogP contribution in [0.3, 0.4) is 0 Å². The van der Waals surface area contributed by atoms with Crippen molar-refractivity contribution in [3.63, 3.8) is 0 Å². The zero-order valence-electron chi connectivity index (χ0n) is 14.6. The van der Waals surface area contributed by atoms with E-state index in [1.807, 2.05) is 14.0 Å². The molecule has 0 radical (unpaired) electrons. The van der Waals surface area contributed by atoms with Gasteiger partial charge in [-0.3, -0.25) is 9.69 Å². The number of hydrogen-bond donors (Lipinski definition) is 1. The van der Waals surface area contributed by atoms with Crippen LogP contribution in [0.2, 0.25) is 0 Å². The molecule has 1 N–H and O–H groups in total. The molecule has 1 amide bonds. The number of hydrogen-bond acceptors (Lipinski definition) is 5. The number of amides is 1. The summed E-state index contributed by atoms with van der Waals surface area (Å²) in [6.07, 6.45) is 4.05. The molecule has 0 saturated carbocycles.